The number of ether oxygens (including phenoxy) is 1. The fraction of sp³-hybridized carbons (Fsp3) is 0.571. The number of nitrogens with two attached hydrogens (primary N) is 1. The molecule has 0 aliphatic carbocycles. The third-order valence-electron chi connectivity index (χ3n) is 3.14. The molecule has 2 aromatic heterocycles. The minimum Gasteiger partial charge on any atom is -0.472 e. The monoisotopic (exact) mass is 262 g/mol. The van der Waals surface area contributed by atoms with Crippen molar-refractivity contribution in [1.82, 2.24) is 14.4 Å². The summed E-state index contributed by atoms with van der Waals surface area (Å²) in [7, 11) is 0. The molecule has 0 aromatic carbocycles. The highest BCUT2D eigenvalue weighted by atomic mass is 16.5. The summed E-state index contributed by atoms with van der Waals surface area (Å²) in [6.07, 6.45) is 11.4. The van der Waals surface area contributed by atoms with Crippen molar-refractivity contribution in [3.8, 4) is 5.88 Å². The minimum absolute atomic E-state index is 0.131. The lowest BCUT2D eigenvalue weighted by Crippen LogP contribution is -2.14. The number of fused-ring (bicyclic) bond motifs is 1. The largest absolute Gasteiger partial charge is 0.472 e. The molecule has 1 atom stereocenters. The normalized spacial score (nSPS) is 12.7. The molecule has 5 nitrogen and oxygen atoms in total. The van der Waals surface area contributed by atoms with Gasteiger partial charge in [-0.15, -0.1) is 0 Å². The van der Waals surface area contributed by atoms with Crippen LogP contribution in [-0.4, -0.2) is 20.5 Å². The van der Waals surface area contributed by atoms with E-state index in [-0.39, 0.29) is 6.10 Å². The number of anilines is 1. The summed E-state index contributed by atoms with van der Waals surface area (Å²) in [6.45, 7) is 4.28. The molecule has 0 radical (unpaired) electrons. The van der Waals surface area contributed by atoms with Gasteiger partial charge in [-0.2, -0.15) is 4.98 Å². The predicted octanol–water partition coefficient (Wildman–Crippen LogP) is 3.05. The Hall–Kier alpha value is -1.78. The average Bonchev–Trinajstić information content (AvgIpc) is 2.82. The first-order chi connectivity index (χ1) is 9.20. The molecule has 2 aromatic rings. The van der Waals surface area contributed by atoms with E-state index < -0.39 is 0 Å². The molecule has 2 N–H and O–H groups in total. The van der Waals surface area contributed by atoms with Crippen molar-refractivity contribution < 1.29 is 4.74 Å². The number of aromatic nitrogens is 3. The molecule has 0 aliphatic heterocycles. The number of nitrogen functional groups attached to an aromatic ring is 1. The molecular weight excluding hydrogens is 240 g/mol. The average molecular weight is 262 g/mol. The maximum absolute atomic E-state index is 5.87. The van der Waals surface area contributed by atoms with E-state index in [2.05, 4.69) is 23.8 Å². The summed E-state index contributed by atoms with van der Waals surface area (Å²) in [4.78, 5) is 8.47. The first-order valence-electron chi connectivity index (χ1n) is 6.96. The molecule has 2 heterocycles. The van der Waals surface area contributed by atoms with Gasteiger partial charge in [0.25, 0.3) is 5.88 Å². The zero-order valence-electron chi connectivity index (χ0n) is 11.7. The van der Waals surface area contributed by atoms with Crippen molar-refractivity contribution >= 4 is 11.5 Å². The Labute approximate surface area is 113 Å². The summed E-state index contributed by atoms with van der Waals surface area (Å²) in [5, 5.41) is 0. The molecular formula is C14H22N4O. The Morgan fingerprint density at radius 3 is 3.00 bits per heavy atom. The molecule has 0 bridgehead atoms. The topological polar surface area (TPSA) is 65.4 Å². The lowest BCUT2D eigenvalue weighted by molar-refractivity contribution is 0.200. The summed E-state index contributed by atoms with van der Waals surface area (Å²) in [5.41, 5.74) is 6.48. The van der Waals surface area contributed by atoms with Crippen molar-refractivity contribution in [2.24, 2.45) is 0 Å². The van der Waals surface area contributed by atoms with E-state index in [0.29, 0.717) is 11.7 Å². The van der Waals surface area contributed by atoms with Crippen LogP contribution in [0.15, 0.2) is 18.6 Å². The van der Waals surface area contributed by atoms with Crippen LogP contribution in [-0.2, 0) is 0 Å². The highest BCUT2D eigenvalue weighted by molar-refractivity contribution is 5.52. The van der Waals surface area contributed by atoms with Gasteiger partial charge in [0.2, 0.25) is 5.65 Å². The zero-order valence-corrected chi connectivity index (χ0v) is 11.7. The van der Waals surface area contributed by atoms with Crippen LogP contribution in [0.1, 0.15) is 46.0 Å². The first-order valence-corrected chi connectivity index (χ1v) is 6.96. The van der Waals surface area contributed by atoms with Crippen LogP contribution >= 0.6 is 0 Å². The zero-order chi connectivity index (χ0) is 13.7. The van der Waals surface area contributed by atoms with Crippen LogP contribution in [0.2, 0.25) is 0 Å². The Kier molecular flexibility index (Phi) is 4.60. The van der Waals surface area contributed by atoms with Gasteiger partial charge >= 0.3 is 0 Å². The fourth-order valence-electron chi connectivity index (χ4n) is 2.11. The quantitative estimate of drug-likeness (QED) is 0.779. The summed E-state index contributed by atoms with van der Waals surface area (Å²) >= 11 is 0. The Morgan fingerprint density at radius 2 is 2.21 bits per heavy atom. The van der Waals surface area contributed by atoms with Gasteiger partial charge in [-0.1, -0.05) is 26.2 Å². The molecule has 0 aliphatic rings. The molecule has 0 fully saturated rings. The number of rotatable bonds is 7. The molecule has 0 saturated carbocycles. The smallest absolute Gasteiger partial charge is 0.260 e. The van der Waals surface area contributed by atoms with Crippen molar-refractivity contribution in [1.29, 1.82) is 0 Å². The molecule has 104 valence electrons. The number of nitrogens with zero attached hydrogens (tertiary/aromatic N) is 3. The van der Waals surface area contributed by atoms with Crippen molar-refractivity contribution in [2.75, 3.05) is 5.73 Å². The van der Waals surface area contributed by atoms with Gasteiger partial charge in [-0.05, 0) is 19.8 Å². The van der Waals surface area contributed by atoms with Gasteiger partial charge in [0.15, 0.2) is 0 Å². The highest BCUT2D eigenvalue weighted by Gasteiger charge is 2.11. The predicted molar refractivity (Wildman–Crippen MR) is 76.2 cm³/mol. The molecule has 5 heteroatoms. The van der Waals surface area contributed by atoms with Crippen molar-refractivity contribution in [3.63, 3.8) is 0 Å². The second kappa shape index (κ2) is 6.41. The van der Waals surface area contributed by atoms with E-state index in [1.54, 1.807) is 12.4 Å². The molecule has 19 heavy (non-hydrogen) atoms. The second-order valence-corrected chi connectivity index (χ2v) is 4.91. The molecule has 0 amide bonds. The Bertz CT molecular complexity index is 523. The van der Waals surface area contributed by atoms with Crippen LogP contribution in [0, 0.1) is 0 Å². The maximum atomic E-state index is 5.87. The van der Waals surface area contributed by atoms with E-state index in [1.165, 1.54) is 25.7 Å². The standard InChI is InChI=1S/C14H22N4O/c1-3-4-5-6-7-11(2)19-14-13-16-8-9-18(13)10-12(15)17-14/h8-11H,3-7,15H2,1-2H3. The summed E-state index contributed by atoms with van der Waals surface area (Å²) in [5.74, 6) is 0.965. The summed E-state index contributed by atoms with van der Waals surface area (Å²) in [6, 6.07) is 0. The number of hydrogen-bond acceptors (Lipinski definition) is 4. The molecule has 0 saturated heterocycles. The van der Waals surface area contributed by atoms with E-state index in [4.69, 9.17) is 10.5 Å². The third-order valence-corrected chi connectivity index (χ3v) is 3.14. The highest BCUT2D eigenvalue weighted by Crippen LogP contribution is 2.19. The van der Waals surface area contributed by atoms with Crippen molar-refractivity contribution in [3.05, 3.63) is 18.6 Å². The summed E-state index contributed by atoms with van der Waals surface area (Å²) < 4.78 is 7.71. The van der Waals surface area contributed by atoms with Gasteiger partial charge < -0.3 is 10.5 Å². The van der Waals surface area contributed by atoms with Crippen LogP contribution in [0.4, 0.5) is 5.82 Å². The van der Waals surface area contributed by atoms with Gasteiger partial charge in [-0.3, -0.25) is 4.40 Å². The third kappa shape index (κ3) is 3.59. The van der Waals surface area contributed by atoms with Gasteiger partial charge in [0, 0.05) is 12.4 Å². The maximum Gasteiger partial charge on any atom is 0.260 e. The van der Waals surface area contributed by atoms with E-state index >= 15 is 0 Å². The van der Waals surface area contributed by atoms with Gasteiger partial charge in [0.05, 0.1) is 12.3 Å². The van der Waals surface area contributed by atoms with Gasteiger partial charge in [-0.25, -0.2) is 4.98 Å². The van der Waals surface area contributed by atoms with E-state index in [1.807, 2.05) is 10.6 Å². The number of unbranched alkanes of at least 4 members (excludes halogenated alkanes) is 3. The lowest BCUT2D eigenvalue weighted by atomic mass is 10.1. The van der Waals surface area contributed by atoms with Gasteiger partial charge in [0.1, 0.15) is 5.82 Å². The molecule has 2 rings (SSSR count). The van der Waals surface area contributed by atoms with E-state index in [9.17, 15) is 0 Å². The fourth-order valence-corrected chi connectivity index (χ4v) is 2.11. The van der Waals surface area contributed by atoms with Crippen molar-refractivity contribution in [2.45, 2.75) is 52.1 Å². The van der Waals surface area contributed by atoms with Crippen LogP contribution in [0.3, 0.4) is 0 Å². The molecule has 1 unspecified atom stereocenters. The lowest BCUT2D eigenvalue weighted by Gasteiger charge is -2.14. The Morgan fingerprint density at radius 1 is 1.37 bits per heavy atom. The first kappa shape index (κ1) is 13.6. The van der Waals surface area contributed by atoms with Crippen LogP contribution in [0.5, 0.6) is 5.88 Å². The SMILES string of the molecule is CCCCCCC(C)Oc1nc(N)cn2ccnc12. The second-order valence-electron chi connectivity index (χ2n) is 4.91. The van der Waals surface area contributed by atoms with E-state index in [0.717, 1.165) is 12.1 Å². The minimum atomic E-state index is 0.131. The Balaban J connectivity index is 1.98. The van der Waals surface area contributed by atoms with Crippen LogP contribution in [0.25, 0.3) is 5.65 Å². The van der Waals surface area contributed by atoms with Crippen LogP contribution < -0.4 is 10.5 Å². The number of hydrogen-bond donors (Lipinski definition) is 1. The molecule has 0 spiro atoms. The number of imidazole rings is 1.